The molecule has 0 spiro atoms. The summed E-state index contributed by atoms with van der Waals surface area (Å²) < 4.78 is 0. The van der Waals surface area contributed by atoms with Crippen LogP contribution in [0, 0.1) is 6.92 Å². The lowest BCUT2D eigenvalue weighted by Gasteiger charge is -2.02. The summed E-state index contributed by atoms with van der Waals surface area (Å²) in [6.07, 6.45) is 3.28. The van der Waals surface area contributed by atoms with E-state index in [-0.39, 0.29) is 5.69 Å². The number of aromatic nitrogens is 3. The minimum Gasteiger partial charge on any atom is -0.477 e. The van der Waals surface area contributed by atoms with Crippen LogP contribution < -0.4 is 0 Å². The van der Waals surface area contributed by atoms with E-state index in [0.717, 1.165) is 5.56 Å². The first-order valence-corrected chi connectivity index (χ1v) is 4.66. The summed E-state index contributed by atoms with van der Waals surface area (Å²) in [6, 6.07) is 5.03. The number of carboxylic acids is 1. The number of hydrogen-bond donors (Lipinski definition) is 1. The van der Waals surface area contributed by atoms with Crippen LogP contribution in [0.5, 0.6) is 0 Å². The van der Waals surface area contributed by atoms with Crippen molar-refractivity contribution in [2.24, 2.45) is 0 Å². The first-order chi connectivity index (χ1) is 7.66. The lowest BCUT2D eigenvalue weighted by molar-refractivity contribution is 0.0690. The Balaban J connectivity index is 2.54. The molecule has 16 heavy (non-hydrogen) atoms. The summed E-state index contributed by atoms with van der Waals surface area (Å²) in [5.74, 6) is -0.630. The highest BCUT2D eigenvalue weighted by molar-refractivity contribution is 5.86. The van der Waals surface area contributed by atoms with E-state index in [1.165, 1.54) is 6.07 Å². The highest BCUT2D eigenvalue weighted by atomic mass is 16.4. The van der Waals surface area contributed by atoms with Crippen LogP contribution in [0.2, 0.25) is 0 Å². The molecule has 0 saturated carbocycles. The molecule has 0 aromatic carbocycles. The number of carboxylic acid groups (broad SMARTS) is 1. The van der Waals surface area contributed by atoms with Crippen molar-refractivity contribution in [3.8, 4) is 11.3 Å². The Morgan fingerprint density at radius 1 is 1.38 bits per heavy atom. The van der Waals surface area contributed by atoms with Crippen LogP contribution in [0.25, 0.3) is 11.3 Å². The van der Waals surface area contributed by atoms with Gasteiger partial charge in [0, 0.05) is 18.0 Å². The number of aryl methyl sites for hydroxylation is 1. The van der Waals surface area contributed by atoms with E-state index in [1.54, 1.807) is 25.4 Å². The molecule has 2 rings (SSSR count). The van der Waals surface area contributed by atoms with Gasteiger partial charge in [-0.1, -0.05) is 0 Å². The summed E-state index contributed by atoms with van der Waals surface area (Å²) in [5.41, 5.74) is 1.33. The number of nitrogens with zero attached hydrogens (tertiary/aromatic N) is 3. The zero-order valence-corrected chi connectivity index (χ0v) is 8.58. The largest absolute Gasteiger partial charge is 0.477 e. The topological polar surface area (TPSA) is 76.0 Å². The molecule has 2 aromatic rings. The van der Waals surface area contributed by atoms with Gasteiger partial charge in [0.1, 0.15) is 5.82 Å². The van der Waals surface area contributed by atoms with Gasteiger partial charge in [-0.05, 0) is 25.1 Å². The van der Waals surface area contributed by atoms with Crippen molar-refractivity contribution in [3.05, 3.63) is 42.1 Å². The fourth-order valence-corrected chi connectivity index (χ4v) is 1.34. The van der Waals surface area contributed by atoms with Gasteiger partial charge in [0.2, 0.25) is 0 Å². The molecule has 0 aliphatic rings. The Labute approximate surface area is 91.8 Å². The summed E-state index contributed by atoms with van der Waals surface area (Å²) in [7, 11) is 0. The number of aromatic carboxylic acids is 1. The maximum Gasteiger partial charge on any atom is 0.354 e. The van der Waals surface area contributed by atoms with Gasteiger partial charge in [-0.3, -0.25) is 4.98 Å². The third-order valence-electron chi connectivity index (χ3n) is 2.01. The van der Waals surface area contributed by atoms with E-state index < -0.39 is 5.97 Å². The van der Waals surface area contributed by atoms with Crippen LogP contribution >= 0.6 is 0 Å². The van der Waals surface area contributed by atoms with Crippen molar-refractivity contribution in [3.63, 3.8) is 0 Å². The number of carbonyl (C=O) groups is 1. The molecule has 2 aromatic heterocycles. The zero-order valence-electron chi connectivity index (χ0n) is 8.58. The number of hydrogen-bond acceptors (Lipinski definition) is 4. The molecular weight excluding hydrogens is 206 g/mol. The van der Waals surface area contributed by atoms with Gasteiger partial charge in [0.15, 0.2) is 5.69 Å². The Morgan fingerprint density at radius 2 is 2.19 bits per heavy atom. The van der Waals surface area contributed by atoms with Crippen LogP contribution in [0.4, 0.5) is 0 Å². The van der Waals surface area contributed by atoms with E-state index in [1.807, 2.05) is 6.07 Å². The van der Waals surface area contributed by atoms with Crippen LogP contribution in [-0.4, -0.2) is 26.0 Å². The third kappa shape index (κ3) is 2.03. The molecule has 80 valence electrons. The quantitative estimate of drug-likeness (QED) is 0.822. The molecular formula is C11H9N3O2. The SMILES string of the molecule is Cc1nc(C(=O)O)cc(-c2cccnc2)n1. The van der Waals surface area contributed by atoms with Crippen LogP contribution in [0.3, 0.4) is 0 Å². The van der Waals surface area contributed by atoms with E-state index in [9.17, 15) is 4.79 Å². The zero-order chi connectivity index (χ0) is 11.5. The average molecular weight is 215 g/mol. The minimum absolute atomic E-state index is 0.00801. The Kier molecular flexibility index (Phi) is 2.59. The summed E-state index contributed by atoms with van der Waals surface area (Å²) >= 11 is 0. The highest BCUT2D eigenvalue weighted by Crippen LogP contribution is 2.16. The molecule has 0 radical (unpaired) electrons. The van der Waals surface area contributed by atoms with Gasteiger partial charge in [0.05, 0.1) is 5.69 Å². The molecule has 1 N–H and O–H groups in total. The predicted molar refractivity (Wildman–Crippen MR) is 57.0 cm³/mol. The molecule has 0 aliphatic carbocycles. The molecule has 0 amide bonds. The third-order valence-corrected chi connectivity index (χ3v) is 2.01. The molecule has 0 bridgehead atoms. The molecule has 0 unspecified atom stereocenters. The first-order valence-electron chi connectivity index (χ1n) is 4.66. The smallest absolute Gasteiger partial charge is 0.354 e. The fourth-order valence-electron chi connectivity index (χ4n) is 1.34. The minimum atomic E-state index is -1.06. The van der Waals surface area contributed by atoms with Crippen molar-refractivity contribution < 1.29 is 9.90 Å². The van der Waals surface area contributed by atoms with Crippen LogP contribution in [-0.2, 0) is 0 Å². The van der Waals surface area contributed by atoms with Gasteiger partial charge in [-0.15, -0.1) is 0 Å². The molecule has 0 atom stereocenters. The fraction of sp³-hybridized carbons (Fsp3) is 0.0909. The second-order valence-corrected chi connectivity index (χ2v) is 3.23. The van der Waals surface area contributed by atoms with Gasteiger partial charge in [-0.25, -0.2) is 14.8 Å². The lowest BCUT2D eigenvalue weighted by atomic mass is 10.2. The first kappa shape index (κ1) is 10.2. The van der Waals surface area contributed by atoms with Crippen molar-refractivity contribution in [2.75, 3.05) is 0 Å². The van der Waals surface area contributed by atoms with Gasteiger partial charge in [-0.2, -0.15) is 0 Å². The van der Waals surface area contributed by atoms with Crippen molar-refractivity contribution in [1.29, 1.82) is 0 Å². The van der Waals surface area contributed by atoms with E-state index in [2.05, 4.69) is 15.0 Å². The van der Waals surface area contributed by atoms with Crippen molar-refractivity contribution in [2.45, 2.75) is 6.92 Å². The van der Waals surface area contributed by atoms with Gasteiger partial charge in [0.25, 0.3) is 0 Å². The van der Waals surface area contributed by atoms with Gasteiger partial charge < -0.3 is 5.11 Å². The van der Waals surface area contributed by atoms with Crippen LogP contribution in [0.1, 0.15) is 16.3 Å². The number of rotatable bonds is 2. The lowest BCUT2D eigenvalue weighted by Crippen LogP contribution is -2.04. The highest BCUT2D eigenvalue weighted by Gasteiger charge is 2.09. The monoisotopic (exact) mass is 215 g/mol. The molecule has 0 fully saturated rings. The normalized spacial score (nSPS) is 10.1. The molecule has 2 heterocycles. The Hall–Kier alpha value is -2.30. The Bertz CT molecular complexity index is 526. The second kappa shape index (κ2) is 4.06. The van der Waals surface area contributed by atoms with Crippen molar-refractivity contribution >= 4 is 5.97 Å². The molecule has 0 saturated heterocycles. The summed E-state index contributed by atoms with van der Waals surface area (Å²) in [4.78, 5) is 22.8. The van der Waals surface area contributed by atoms with Gasteiger partial charge >= 0.3 is 5.97 Å². The number of pyridine rings is 1. The molecule has 5 nitrogen and oxygen atoms in total. The maximum atomic E-state index is 10.8. The second-order valence-electron chi connectivity index (χ2n) is 3.23. The Morgan fingerprint density at radius 3 is 2.81 bits per heavy atom. The maximum absolute atomic E-state index is 10.8. The predicted octanol–water partition coefficient (Wildman–Crippen LogP) is 1.55. The van der Waals surface area contributed by atoms with E-state index >= 15 is 0 Å². The summed E-state index contributed by atoms with van der Waals surface area (Å²) in [5, 5.41) is 8.87. The average Bonchev–Trinajstić information content (AvgIpc) is 2.29. The molecule has 0 aliphatic heterocycles. The standard InChI is InChI=1S/C11H9N3O2/c1-7-13-9(5-10(14-7)11(15)16)8-3-2-4-12-6-8/h2-6H,1H3,(H,15,16). The van der Waals surface area contributed by atoms with Crippen LogP contribution in [0.15, 0.2) is 30.6 Å². The van der Waals surface area contributed by atoms with Crippen molar-refractivity contribution in [1.82, 2.24) is 15.0 Å². The van der Waals surface area contributed by atoms with E-state index in [0.29, 0.717) is 11.5 Å². The summed E-state index contributed by atoms with van der Waals surface area (Å²) in [6.45, 7) is 1.66. The van der Waals surface area contributed by atoms with E-state index in [4.69, 9.17) is 5.11 Å². The molecule has 5 heteroatoms.